The van der Waals surface area contributed by atoms with Crippen LogP contribution in [0.1, 0.15) is 23.0 Å². The smallest absolute Gasteiger partial charge is 0.379 e. The molecule has 0 atom stereocenters. The number of benzene rings is 2. The third-order valence-electron chi connectivity index (χ3n) is 3.26. The Bertz CT molecular complexity index is 922. The van der Waals surface area contributed by atoms with Crippen molar-refractivity contribution in [3.63, 3.8) is 0 Å². The second kappa shape index (κ2) is 6.77. The van der Waals surface area contributed by atoms with Crippen LogP contribution in [0, 0.1) is 11.3 Å². The lowest BCUT2D eigenvalue weighted by Crippen LogP contribution is -2.09. The summed E-state index contributed by atoms with van der Waals surface area (Å²) < 4.78 is 16.9. The summed E-state index contributed by atoms with van der Waals surface area (Å²) in [5.41, 5.74) is 1.00. The summed E-state index contributed by atoms with van der Waals surface area (Å²) in [5.74, 6) is -0.0262. The van der Waals surface area contributed by atoms with Crippen molar-refractivity contribution in [1.82, 2.24) is 0 Å². The van der Waals surface area contributed by atoms with Crippen LogP contribution >= 0.6 is 15.9 Å². The van der Waals surface area contributed by atoms with E-state index in [-0.39, 0.29) is 11.5 Å². The zero-order valence-corrected chi connectivity index (χ0v) is 14.3. The lowest BCUT2D eigenvalue weighted by atomic mass is 10.2. The van der Waals surface area contributed by atoms with Crippen molar-refractivity contribution in [1.29, 1.82) is 5.26 Å². The standard InChI is InChI=1S/C18H12BrNO4/c1-2-22-15-8-11(10-20)7-13(19)17(15)24-18(21)16-9-12-5-3-4-6-14(12)23-16/h3-9H,2H2,1H3. The lowest BCUT2D eigenvalue weighted by molar-refractivity contribution is 0.0696. The average Bonchev–Trinajstić information content (AvgIpc) is 3.02. The molecule has 0 radical (unpaired) electrons. The van der Waals surface area contributed by atoms with Gasteiger partial charge in [0, 0.05) is 11.5 Å². The third-order valence-corrected chi connectivity index (χ3v) is 3.85. The van der Waals surface area contributed by atoms with Crippen molar-refractivity contribution in [3.05, 3.63) is 58.3 Å². The second-order valence-corrected chi connectivity index (χ2v) is 5.72. The van der Waals surface area contributed by atoms with Crippen molar-refractivity contribution in [3.8, 4) is 17.6 Å². The van der Waals surface area contributed by atoms with Gasteiger partial charge in [-0.15, -0.1) is 0 Å². The maximum Gasteiger partial charge on any atom is 0.379 e. The molecule has 2 aromatic carbocycles. The summed E-state index contributed by atoms with van der Waals surface area (Å²) in [6.07, 6.45) is 0. The topological polar surface area (TPSA) is 72.5 Å². The Labute approximate surface area is 146 Å². The molecule has 0 bridgehead atoms. The lowest BCUT2D eigenvalue weighted by Gasteiger charge is -2.12. The van der Waals surface area contributed by atoms with E-state index >= 15 is 0 Å². The predicted molar refractivity (Wildman–Crippen MR) is 91.2 cm³/mol. The minimum atomic E-state index is -0.641. The number of nitriles is 1. The number of esters is 1. The fourth-order valence-corrected chi connectivity index (χ4v) is 2.74. The van der Waals surface area contributed by atoms with Crippen LogP contribution in [0.4, 0.5) is 0 Å². The number of furan rings is 1. The van der Waals surface area contributed by atoms with Crippen molar-refractivity contribution in [2.45, 2.75) is 6.92 Å². The first kappa shape index (κ1) is 16.1. The van der Waals surface area contributed by atoms with E-state index in [0.29, 0.717) is 28.0 Å². The van der Waals surface area contributed by atoms with Crippen LogP contribution in [0.3, 0.4) is 0 Å². The number of fused-ring (bicyclic) bond motifs is 1. The van der Waals surface area contributed by atoms with E-state index in [1.165, 1.54) is 6.07 Å². The van der Waals surface area contributed by atoms with Crippen LogP contribution in [0.5, 0.6) is 11.5 Å². The molecule has 1 heterocycles. The first-order chi connectivity index (χ1) is 11.6. The first-order valence-corrected chi connectivity index (χ1v) is 7.99. The van der Waals surface area contributed by atoms with E-state index in [0.717, 1.165) is 5.39 Å². The van der Waals surface area contributed by atoms with Gasteiger partial charge in [0.05, 0.1) is 22.7 Å². The van der Waals surface area contributed by atoms with Crippen LogP contribution in [0.2, 0.25) is 0 Å². The second-order valence-electron chi connectivity index (χ2n) is 4.87. The van der Waals surface area contributed by atoms with Gasteiger partial charge in [0.1, 0.15) is 5.58 Å². The Balaban J connectivity index is 1.95. The number of ether oxygens (including phenoxy) is 2. The molecule has 0 fully saturated rings. The molecule has 0 aliphatic heterocycles. The summed E-state index contributed by atoms with van der Waals surface area (Å²) in [5, 5.41) is 9.85. The molecule has 120 valence electrons. The number of carbonyl (C=O) groups excluding carboxylic acids is 1. The number of carbonyl (C=O) groups is 1. The molecule has 24 heavy (non-hydrogen) atoms. The van der Waals surface area contributed by atoms with Gasteiger partial charge in [0.2, 0.25) is 5.76 Å². The first-order valence-electron chi connectivity index (χ1n) is 7.19. The van der Waals surface area contributed by atoms with Gasteiger partial charge in [-0.2, -0.15) is 5.26 Å². The molecule has 0 saturated heterocycles. The number of hydrogen-bond acceptors (Lipinski definition) is 5. The highest BCUT2D eigenvalue weighted by atomic mass is 79.9. The van der Waals surface area contributed by atoms with E-state index in [9.17, 15) is 4.79 Å². The predicted octanol–water partition coefficient (Wildman–Crippen LogP) is 4.68. The molecule has 0 saturated carbocycles. The average molecular weight is 386 g/mol. The molecule has 0 N–H and O–H groups in total. The van der Waals surface area contributed by atoms with Crippen molar-refractivity contribution in [2.75, 3.05) is 6.61 Å². The molecular formula is C18H12BrNO4. The third kappa shape index (κ3) is 3.12. The summed E-state index contributed by atoms with van der Waals surface area (Å²) in [6.45, 7) is 2.17. The van der Waals surface area contributed by atoms with Gasteiger partial charge in [-0.1, -0.05) is 18.2 Å². The molecule has 3 aromatic rings. The summed E-state index contributed by atoms with van der Waals surface area (Å²) in [4.78, 5) is 12.4. The minimum absolute atomic E-state index is 0.0925. The largest absolute Gasteiger partial charge is 0.490 e. The SMILES string of the molecule is CCOc1cc(C#N)cc(Br)c1OC(=O)c1cc2ccccc2o1. The van der Waals surface area contributed by atoms with E-state index in [1.807, 2.05) is 24.3 Å². The van der Waals surface area contributed by atoms with Gasteiger partial charge in [0.15, 0.2) is 11.5 Å². The Morgan fingerprint density at radius 3 is 2.79 bits per heavy atom. The number of halogens is 1. The summed E-state index contributed by atoms with van der Waals surface area (Å²) in [6, 6.07) is 14.0. The quantitative estimate of drug-likeness (QED) is 0.481. The Morgan fingerprint density at radius 2 is 2.08 bits per heavy atom. The van der Waals surface area contributed by atoms with Gasteiger partial charge in [-0.25, -0.2) is 4.79 Å². The highest BCUT2D eigenvalue weighted by Gasteiger charge is 2.20. The van der Waals surface area contributed by atoms with E-state index < -0.39 is 5.97 Å². The number of nitrogens with zero attached hydrogens (tertiary/aromatic N) is 1. The van der Waals surface area contributed by atoms with E-state index in [2.05, 4.69) is 15.9 Å². The van der Waals surface area contributed by atoms with E-state index in [4.69, 9.17) is 19.2 Å². The Kier molecular flexibility index (Phi) is 4.54. The molecule has 5 nitrogen and oxygen atoms in total. The van der Waals surface area contributed by atoms with Crippen LogP contribution in [-0.4, -0.2) is 12.6 Å². The van der Waals surface area contributed by atoms with Crippen LogP contribution in [0.15, 0.2) is 51.4 Å². The van der Waals surface area contributed by atoms with Crippen molar-refractivity contribution in [2.24, 2.45) is 0 Å². The van der Waals surface area contributed by atoms with Gasteiger partial charge in [-0.05, 0) is 41.1 Å². The molecule has 0 aliphatic carbocycles. The van der Waals surface area contributed by atoms with Crippen LogP contribution in [0.25, 0.3) is 11.0 Å². The highest BCUT2D eigenvalue weighted by molar-refractivity contribution is 9.10. The maximum absolute atomic E-state index is 12.4. The zero-order valence-electron chi connectivity index (χ0n) is 12.7. The molecule has 0 amide bonds. The molecule has 0 unspecified atom stereocenters. The maximum atomic E-state index is 12.4. The van der Waals surface area contributed by atoms with Gasteiger partial charge in [0.25, 0.3) is 0 Å². The fourth-order valence-electron chi connectivity index (χ4n) is 2.22. The van der Waals surface area contributed by atoms with Crippen LogP contribution < -0.4 is 9.47 Å². The molecule has 1 aromatic heterocycles. The minimum Gasteiger partial charge on any atom is -0.490 e. The Morgan fingerprint density at radius 1 is 1.29 bits per heavy atom. The molecular weight excluding hydrogens is 374 g/mol. The van der Waals surface area contributed by atoms with Crippen molar-refractivity contribution < 1.29 is 18.7 Å². The van der Waals surface area contributed by atoms with Crippen molar-refractivity contribution >= 4 is 32.9 Å². The summed E-state index contributed by atoms with van der Waals surface area (Å²) in [7, 11) is 0. The fraction of sp³-hybridized carbons (Fsp3) is 0.111. The number of hydrogen-bond donors (Lipinski definition) is 0. The van der Waals surface area contributed by atoms with Gasteiger partial charge >= 0.3 is 5.97 Å². The normalized spacial score (nSPS) is 10.4. The molecule has 0 spiro atoms. The van der Waals surface area contributed by atoms with E-state index in [1.54, 1.807) is 25.1 Å². The van der Waals surface area contributed by atoms with Gasteiger partial charge in [-0.3, -0.25) is 0 Å². The number of para-hydroxylation sites is 1. The summed E-state index contributed by atoms with van der Waals surface area (Å²) >= 11 is 3.31. The zero-order chi connectivity index (χ0) is 17.1. The van der Waals surface area contributed by atoms with Gasteiger partial charge < -0.3 is 13.9 Å². The number of rotatable bonds is 4. The molecule has 6 heteroatoms. The highest BCUT2D eigenvalue weighted by Crippen LogP contribution is 2.37. The monoisotopic (exact) mass is 385 g/mol. The molecule has 0 aliphatic rings. The Hall–Kier alpha value is -2.78. The van der Waals surface area contributed by atoms with Crippen LogP contribution in [-0.2, 0) is 0 Å². The molecule has 3 rings (SSSR count).